The second-order valence-corrected chi connectivity index (χ2v) is 14.0. The van der Waals surface area contributed by atoms with Crippen LogP contribution in [0.25, 0.3) is 0 Å². The minimum atomic E-state index is -4.43. The van der Waals surface area contributed by atoms with Gasteiger partial charge < -0.3 is 14.8 Å². The van der Waals surface area contributed by atoms with E-state index in [2.05, 4.69) is 10.2 Å². The Balaban J connectivity index is 1.76. The van der Waals surface area contributed by atoms with E-state index in [4.69, 9.17) is 19.9 Å². The molecule has 17 heteroatoms. The number of fused-ring (bicyclic) bond motifs is 1. The first-order chi connectivity index (χ1) is 18.3. The van der Waals surface area contributed by atoms with E-state index in [-0.39, 0.29) is 51.0 Å². The lowest BCUT2D eigenvalue weighted by molar-refractivity contribution is -0.492. The molecule has 1 aromatic carbocycles. The van der Waals surface area contributed by atoms with Crippen molar-refractivity contribution in [3.8, 4) is 11.5 Å². The van der Waals surface area contributed by atoms with Crippen molar-refractivity contribution >= 4 is 43.1 Å². The molecule has 1 amide bonds. The number of sulfonamides is 1. The molecule has 0 saturated heterocycles. The number of hydrogen-bond donors (Lipinski definition) is 4. The third kappa shape index (κ3) is 7.31. The van der Waals surface area contributed by atoms with Gasteiger partial charge in [-0.15, -0.1) is 11.3 Å². The number of rotatable bonds is 12. The molecule has 1 unspecified atom stereocenters. The molecule has 2 heterocycles. The Labute approximate surface area is 229 Å². The van der Waals surface area contributed by atoms with E-state index in [1.165, 1.54) is 31.4 Å². The number of thiophene rings is 1. The number of methoxy groups -OCH3 is 1. The average molecular weight is 608 g/mol. The van der Waals surface area contributed by atoms with Gasteiger partial charge in [-0.2, -0.15) is 0 Å². The molecule has 0 saturated carbocycles. The van der Waals surface area contributed by atoms with Crippen LogP contribution >= 0.6 is 11.3 Å². The zero-order valence-corrected chi connectivity index (χ0v) is 23.7. The molecular weight excluding hydrogens is 578 g/mol. The van der Waals surface area contributed by atoms with Crippen LogP contribution in [0.3, 0.4) is 0 Å². The monoisotopic (exact) mass is 607 g/mol. The number of ether oxygens (including phenoxy) is 2. The summed E-state index contributed by atoms with van der Waals surface area (Å²) in [6.45, 7) is 3.82. The summed E-state index contributed by atoms with van der Waals surface area (Å²) in [5.41, 5.74) is 0.236. The highest BCUT2D eigenvalue weighted by Crippen LogP contribution is 2.42. The summed E-state index contributed by atoms with van der Waals surface area (Å²) in [7, 11) is -6.88. The van der Waals surface area contributed by atoms with Crippen molar-refractivity contribution in [1.82, 2.24) is 15.4 Å². The van der Waals surface area contributed by atoms with Gasteiger partial charge >= 0.3 is 5.97 Å². The Morgan fingerprint density at radius 2 is 1.92 bits per heavy atom. The first kappa shape index (κ1) is 30.9. The fourth-order valence-corrected chi connectivity index (χ4v) is 8.80. The maximum atomic E-state index is 13.0. The molecule has 216 valence electrons. The quantitative estimate of drug-likeness (QED) is 0.118. The second-order valence-electron chi connectivity index (χ2n) is 8.47. The minimum absolute atomic E-state index is 0.0262. The van der Waals surface area contributed by atoms with Crippen molar-refractivity contribution in [3.05, 3.63) is 35.4 Å². The molecule has 0 aliphatic carbocycles. The van der Waals surface area contributed by atoms with Crippen molar-refractivity contribution in [3.63, 3.8) is 0 Å². The number of sulfone groups is 1. The lowest BCUT2D eigenvalue weighted by Crippen LogP contribution is -2.33. The molecule has 14 nitrogen and oxygen atoms in total. The number of amides is 1. The SMILES string of the molecule is CCN[C@H]1CC(C)S(=O)(=O)c2sc(S(=O)(=O)NC(=O)c3ccc(OC(=O)CCCON(O)O)c(OC)c3)cc21. The molecule has 1 aliphatic rings. The standard InChI is InChI=1S/C22H29N3O11S3/c1-4-23-16-10-13(2)38(30,31)22-15(16)12-20(37-22)39(32,33)24-21(27)14-7-8-17(18(11-14)34-3)36-19(26)6-5-9-35-25(28)29/h7-8,11-13,16,23,28-29H,4-6,9-10H2,1-3H3,(H,24,27)/t13?,16-/m0/s1. The lowest BCUT2D eigenvalue weighted by atomic mass is 10.1. The van der Waals surface area contributed by atoms with E-state index in [0.717, 1.165) is 0 Å². The normalized spacial score (nSPS) is 18.4. The van der Waals surface area contributed by atoms with Crippen LogP contribution in [0.5, 0.6) is 11.5 Å². The average Bonchev–Trinajstić information content (AvgIpc) is 3.33. The van der Waals surface area contributed by atoms with Gasteiger partial charge in [0.05, 0.1) is 24.4 Å². The van der Waals surface area contributed by atoms with E-state index < -0.39 is 42.4 Å². The molecule has 0 radical (unpaired) electrons. The Morgan fingerprint density at radius 3 is 2.56 bits per heavy atom. The highest BCUT2D eigenvalue weighted by atomic mass is 32.3. The Kier molecular flexibility index (Phi) is 10.1. The molecule has 0 bridgehead atoms. The van der Waals surface area contributed by atoms with Crippen molar-refractivity contribution in [2.24, 2.45) is 0 Å². The van der Waals surface area contributed by atoms with Crippen LogP contribution in [-0.2, 0) is 29.5 Å². The lowest BCUT2D eigenvalue weighted by Gasteiger charge is -2.27. The minimum Gasteiger partial charge on any atom is -0.493 e. The number of esters is 1. The highest BCUT2D eigenvalue weighted by Gasteiger charge is 2.39. The first-order valence-electron chi connectivity index (χ1n) is 11.7. The van der Waals surface area contributed by atoms with E-state index in [9.17, 15) is 26.4 Å². The topological polar surface area (TPSA) is 198 Å². The fourth-order valence-electron chi connectivity index (χ4n) is 3.83. The summed E-state index contributed by atoms with van der Waals surface area (Å²) >= 11 is 0.594. The summed E-state index contributed by atoms with van der Waals surface area (Å²) < 4.78 is 63.7. The van der Waals surface area contributed by atoms with Crippen LogP contribution in [0.1, 0.15) is 55.1 Å². The molecule has 2 atom stereocenters. The molecule has 0 spiro atoms. The molecule has 4 N–H and O–H groups in total. The predicted octanol–water partition coefficient (Wildman–Crippen LogP) is 1.79. The van der Waals surface area contributed by atoms with E-state index in [1.807, 2.05) is 11.6 Å². The van der Waals surface area contributed by atoms with Gasteiger partial charge in [0.1, 0.15) is 8.42 Å². The smallest absolute Gasteiger partial charge is 0.311 e. The number of carbonyl (C=O) groups excluding carboxylic acids is 2. The van der Waals surface area contributed by atoms with Gasteiger partial charge in [-0.1, -0.05) is 6.92 Å². The molecule has 1 aromatic heterocycles. The van der Waals surface area contributed by atoms with Gasteiger partial charge in [-0.3, -0.25) is 24.8 Å². The summed E-state index contributed by atoms with van der Waals surface area (Å²) in [5.74, 6) is -1.76. The second kappa shape index (κ2) is 12.7. The summed E-state index contributed by atoms with van der Waals surface area (Å²) in [5, 5.41) is 18.9. The third-order valence-electron chi connectivity index (χ3n) is 5.76. The molecule has 0 fully saturated rings. The summed E-state index contributed by atoms with van der Waals surface area (Å²) in [4.78, 5) is 29.2. The summed E-state index contributed by atoms with van der Waals surface area (Å²) in [6.07, 6.45) is 0.268. The molecule has 3 rings (SSSR count). The van der Waals surface area contributed by atoms with Crippen molar-refractivity contribution in [2.45, 2.75) is 52.8 Å². The van der Waals surface area contributed by atoms with Crippen LogP contribution in [0.4, 0.5) is 0 Å². The zero-order chi connectivity index (χ0) is 29.0. The first-order valence-corrected chi connectivity index (χ1v) is 15.5. The zero-order valence-electron chi connectivity index (χ0n) is 21.2. The van der Waals surface area contributed by atoms with Crippen LogP contribution in [0, 0.1) is 0 Å². The number of hydrogen-bond acceptors (Lipinski definition) is 14. The van der Waals surface area contributed by atoms with Crippen LogP contribution < -0.4 is 19.5 Å². The Morgan fingerprint density at radius 1 is 1.21 bits per heavy atom. The van der Waals surface area contributed by atoms with Crippen molar-refractivity contribution < 1.29 is 51.2 Å². The Hall–Kier alpha value is -2.64. The Bertz CT molecular complexity index is 1420. The van der Waals surface area contributed by atoms with E-state index >= 15 is 0 Å². The van der Waals surface area contributed by atoms with Crippen molar-refractivity contribution in [2.75, 3.05) is 20.3 Å². The highest BCUT2D eigenvalue weighted by molar-refractivity contribution is 7.95. The van der Waals surface area contributed by atoms with Crippen LogP contribution in [-0.4, -0.2) is 70.0 Å². The van der Waals surface area contributed by atoms with Crippen molar-refractivity contribution in [1.29, 1.82) is 0 Å². The van der Waals surface area contributed by atoms with E-state index in [0.29, 0.717) is 29.9 Å². The number of nitrogens with one attached hydrogen (secondary N) is 2. The molecular formula is C22H29N3O11S3. The number of benzene rings is 1. The van der Waals surface area contributed by atoms with E-state index in [1.54, 1.807) is 6.92 Å². The van der Waals surface area contributed by atoms with Gasteiger partial charge in [-0.05, 0) is 50.6 Å². The number of nitrogens with zero attached hydrogens (tertiary/aromatic N) is 1. The van der Waals surface area contributed by atoms with Gasteiger partial charge in [0.25, 0.3) is 15.9 Å². The maximum Gasteiger partial charge on any atom is 0.311 e. The van der Waals surface area contributed by atoms with Crippen LogP contribution in [0.2, 0.25) is 0 Å². The molecule has 2 aromatic rings. The molecule has 39 heavy (non-hydrogen) atoms. The van der Waals surface area contributed by atoms with Gasteiger partial charge in [0, 0.05) is 23.6 Å². The van der Waals surface area contributed by atoms with Crippen LogP contribution in [0.15, 0.2) is 32.7 Å². The summed E-state index contributed by atoms with van der Waals surface area (Å²) in [6, 6.07) is 4.58. The maximum absolute atomic E-state index is 13.0. The van der Waals surface area contributed by atoms with Gasteiger partial charge in [0.2, 0.25) is 0 Å². The predicted molar refractivity (Wildman–Crippen MR) is 136 cm³/mol. The fraction of sp³-hybridized carbons (Fsp3) is 0.455. The largest absolute Gasteiger partial charge is 0.493 e. The third-order valence-corrected chi connectivity index (χ3v) is 11.5. The number of carbonyl (C=O) groups is 2. The van der Waals surface area contributed by atoms with Gasteiger partial charge in [-0.25, -0.2) is 21.6 Å². The molecule has 1 aliphatic heterocycles. The van der Waals surface area contributed by atoms with Gasteiger partial charge in [0.15, 0.2) is 21.3 Å².